The maximum Gasteiger partial charge on any atom is 0.323 e. The van der Waals surface area contributed by atoms with Crippen LogP contribution in [0.1, 0.15) is 52.2 Å². The summed E-state index contributed by atoms with van der Waals surface area (Å²) < 4.78 is 6.22. The number of amides is 2. The van der Waals surface area contributed by atoms with Gasteiger partial charge >= 0.3 is 6.03 Å². The lowest BCUT2D eigenvalue weighted by Gasteiger charge is -2.34. The second-order valence-electron chi connectivity index (χ2n) is 10.4. The molecule has 0 saturated heterocycles. The number of hydrogen-bond acceptors (Lipinski definition) is 5. The number of nitrogens with two attached hydrogens (primary N) is 1. The number of carbonyl (C=O) groups excluding carboxylic acids is 1. The number of urea groups is 1. The van der Waals surface area contributed by atoms with E-state index in [9.17, 15) is 9.90 Å². The van der Waals surface area contributed by atoms with Gasteiger partial charge in [-0.15, -0.1) is 0 Å². The Hall–Kier alpha value is -4.18. The number of aromatic hydroxyl groups is 1. The van der Waals surface area contributed by atoms with E-state index in [4.69, 9.17) is 15.7 Å². The molecule has 0 fully saturated rings. The number of nitrogens with zero attached hydrogens (tertiary/aromatic N) is 1. The van der Waals surface area contributed by atoms with Crippen molar-refractivity contribution < 1.29 is 14.6 Å². The van der Waals surface area contributed by atoms with Crippen LogP contribution in [0.2, 0.25) is 0 Å². The van der Waals surface area contributed by atoms with Gasteiger partial charge in [0.1, 0.15) is 11.5 Å². The van der Waals surface area contributed by atoms with Gasteiger partial charge in [-0.05, 0) is 47.6 Å². The van der Waals surface area contributed by atoms with Crippen molar-refractivity contribution in [3.8, 4) is 23.3 Å². The maximum atomic E-state index is 12.5. The standard InChI is InChI=1S/C28H32N4O3/c1-27(2,3)17-28(4,5)20-8-6-7-9-24(20)35-25-15-22(23(33)14-21(25)30)32-26(34)31-19-12-10-18(16-29)11-13-19/h6-15,33H,17,30H2,1-5H3,(H2,31,32,34). The highest BCUT2D eigenvalue weighted by molar-refractivity contribution is 6.01. The summed E-state index contributed by atoms with van der Waals surface area (Å²) in [5, 5.41) is 24.5. The van der Waals surface area contributed by atoms with Gasteiger partial charge in [-0.3, -0.25) is 0 Å². The zero-order valence-electron chi connectivity index (χ0n) is 20.8. The van der Waals surface area contributed by atoms with Gasteiger partial charge in [-0.2, -0.15) is 5.26 Å². The van der Waals surface area contributed by atoms with E-state index in [1.165, 1.54) is 12.1 Å². The summed E-state index contributed by atoms with van der Waals surface area (Å²) >= 11 is 0. The van der Waals surface area contributed by atoms with E-state index in [0.717, 1.165) is 12.0 Å². The number of ether oxygens (including phenoxy) is 1. The van der Waals surface area contributed by atoms with Crippen molar-refractivity contribution in [2.75, 3.05) is 16.4 Å². The number of para-hydroxylation sites is 1. The van der Waals surface area contributed by atoms with Crippen molar-refractivity contribution in [1.29, 1.82) is 5.26 Å². The third kappa shape index (κ3) is 6.67. The lowest BCUT2D eigenvalue weighted by atomic mass is 9.72. The van der Waals surface area contributed by atoms with Crippen molar-refractivity contribution in [3.05, 3.63) is 71.8 Å². The van der Waals surface area contributed by atoms with Gasteiger partial charge in [-0.25, -0.2) is 4.79 Å². The first kappa shape index (κ1) is 25.4. The Bertz CT molecular complexity index is 1250. The molecule has 0 aliphatic heterocycles. The number of nitrogen functional groups attached to an aromatic ring is 1. The van der Waals surface area contributed by atoms with E-state index >= 15 is 0 Å². The number of anilines is 3. The molecule has 3 aromatic rings. The zero-order valence-corrected chi connectivity index (χ0v) is 20.8. The molecular weight excluding hydrogens is 440 g/mol. The van der Waals surface area contributed by atoms with Gasteiger partial charge in [0, 0.05) is 23.4 Å². The molecule has 0 spiro atoms. The van der Waals surface area contributed by atoms with Crippen LogP contribution in [-0.2, 0) is 5.41 Å². The molecule has 0 atom stereocenters. The quantitative estimate of drug-likeness (QED) is 0.227. The van der Waals surface area contributed by atoms with Gasteiger partial charge in [-0.1, -0.05) is 52.8 Å². The first-order valence-electron chi connectivity index (χ1n) is 11.4. The molecule has 0 unspecified atom stereocenters. The smallest absolute Gasteiger partial charge is 0.323 e. The van der Waals surface area contributed by atoms with Crippen LogP contribution in [0.15, 0.2) is 60.7 Å². The molecule has 0 radical (unpaired) electrons. The molecular formula is C28H32N4O3. The summed E-state index contributed by atoms with van der Waals surface area (Å²) in [6.07, 6.45) is 0.938. The number of phenols is 1. The SMILES string of the molecule is CC(C)(C)CC(C)(C)c1ccccc1Oc1cc(NC(=O)Nc2ccc(C#N)cc2)c(O)cc1N. The molecule has 35 heavy (non-hydrogen) atoms. The average Bonchev–Trinajstić information content (AvgIpc) is 2.76. The Morgan fingerprint density at radius 1 is 1.00 bits per heavy atom. The number of phenolic OH excluding ortho intramolecular Hbond substituents is 1. The summed E-state index contributed by atoms with van der Waals surface area (Å²) in [6.45, 7) is 11.0. The average molecular weight is 473 g/mol. The Labute approximate surface area is 206 Å². The summed E-state index contributed by atoms with van der Waals surface area (Å²) in [4.78, 5) is 12.5. The van der Waals surface area contributed by atoms with E-state index in [-0.39, 0.29) is 28.0 Å². The highest BCUT2D eigenvalue weighted by Crippen LogP contribution is 2.43. The molecule has 5 N–H and O–H groups in total. The summed E-state index contributed by atoms with van der Waals surface area (Å²) in [6, 6.07) is 18.5. The zero-order chi connectivity index (χ0) is 25.8. The Morgan fingerprint density at radius 3 is 2.29 bits per heavy atom. The first-order valence-corrected chi connectivity index (χ1v) is 11.4. The fourth-order valence-corrected chi connectivity index (χ4v) is 4.34. The maximum absolute atomic E-state index is 12.5. The van der Waals surface area contributed by atoms with Crippen LogP contribution in [0.5, 0.6) is 17.2 Å². The second kappa shape index (κ2) is 9.98. The lowest BCUT2D eigenvalue weighted by Crippen LogP contribution is -2.25. The molecule has 0 aliphatic carbocycles. The molecule has 0 bridgehead atoms. The van der Waals surface area contributed by atoms with Crippen LogP contribution in [0.3, 0.4) is 0 Å². The van der Waals surface area contributed by atoms with E-state index in [1.807, 2.05) is 30.3 Å². The van der Waals surface area contributed by atoms with Crippen LogP contribution in [0.25, 0.3) is 0 Å². The normalized spacial score (nSPS) is 11.4. The van der Waals surface area contributed by atoms with E-state index in [1.54, 1.807) is 24.3 Å². The predicted molar refractivity (Wildman–Crippen MR) is 140 cm³/mol. The largest absolute Gasteiger partial charge is 0.506 e. The Balaban J connectivity index is 1.84. The molecule has 7 heteroatoms. The van der Waals surface area contributed by atoms with Crippen molar-refractivity contribution in [1.82, 2.24) is 0 Å². The van der Waals surface area contributed by atoms with Gasteiger partial charge in [0.15, 0.2) is 5.75 Å². The molecule has 0 aromatic heterocycles. The topological polar surface area (TPSA) is 120 Å². The number of nitriles is 1. The lowest BCUT2D eigenvalue weighted by molar-refractivity contribution is 0.262. The molecule has 0 saturated carbocycles. The fraction of sp³-hybridized carbons (Fsp3) is 0.286. The molecule has 2 amide bonds. The highest BCUT2D eigenvalue weighted by atomic mass is 16.5. The molecule has 3 rings (SSSR count). The molecule has 0 aliphatic rings. The molecule has 0 heterocycles. The minimum absolute atomic E-state index is 0.119. The van der Waals surface area contributed by atoms with Crippen molar-refractivity contribution in [2.24, 2.45) is 5.41 Å². The van der Waals surface area contributed by atoms with Crippen LogP contribution in [-0.4, -0.2) is 11.1 Å². The van der Waals surface area contributed by atoms with Crippen LogP contribution >= 0.6 is 0 Å². The van der Waals surface area contributed by atoms with E-state index in [2.05, 4.69) is 45.3 Å². The van der Waals surface area contributed by atoms with Gasteiger partial charge in [0.25, 0.3) is 0 Å². The first-order chi connectivity index (χ1) is 16.4. The Morgan fingerprint density at radius 2 is 1.66 bits per heavy atom. The van der Waals surface area contributed by atoms with E-state index in [0.29, 0.717) is 22.7 Å². The third-order valence-corrected chi connectivity index (χ3v) is 5.46. The van der Waals surface area contributed by atoms with Crippen molar-refractivity contribution in [2.45, 2.75) is 46.5 Å². The van der Waals surface area contributed by atoms with Gasteiger partial charge in [0.05, 0.1) is 23.0 Å². The third-order valence-electron chi connectivity index (χ3n) is 5.46. The highest BCUT2D eigenvalue weighted by Gasteiger charge is 2.30. The predicted octanol–water partition coefficient (Wildman–Crippen LogP) is 7.00. The van der Waals surface area contributed by atoms with Crippen LogP contribution in [0.4, 0.5) is 21.9 Å². The van der Waals surface area contributed by atoms with Gasteiger partial charge < -0.3 is 26.2 Å². The summed E-state index contributed by atoms with van der Waals surface area (Å²) in [7, 11) is 0. The van der Waals surface area contributed by atoms with Crippen molar-refractivity contribution >= 4 is 23.1 Å². The molecule has 182 valence electrons. The minimum atomic E-state index is -0.563. The van der Waals surface area contributed by atoms with Gasteiger partial charge in [0.2, 0.25) is 0 Å². The van der Waals surface area contributed by atoms with Crippen molar-refractivity contribution in [3.63, 3.8) is 0 Å². The number of nitrogens with one attached hydrogen (secondary N) is 2. The molecule has 7 nitrogen and oxygen atoms in total. The number of hydrogen-bond donors (Lipinski definition) is 4. The summed E-state index contributed by atoms with van der Waals surface area (Å²) in [5.41, 5.74) is 8.51. The van der Waals surface area contributed by atoms with E-state index < -0.39 is 6.03 Å². The minimum Gasteiger partial charge on any atom is -0.506 e. The van der Waals surface area contributed by atoms with Crippen LogP contribution < -0.4 is 21.1 Å². The molecule has 3 aromatic carbocycles. The Kier molecular flexibility index (Phi) is 7.25. The number of rotatable bonds is 6. The monoisotopic (exact) mass is 472 g/mol. The second-order valence-corrected chi connectivity index (χ2v) is 10.4. The van der Waals surface area contributed by atoms with Crippen LogP contribution in [0, 0.1) is 16.7 Å². The number of carbonyl (C=O) groups is 1. The fourth-order valence-electron chi connectivity index (χ4n) is 4.34. The number of benzene rings is 3. The summed E-state index contributed by atoms with van der Waals surface area (Å²) in [5.74, 6) is 0.786.